The fourth-order valence-corrected chi connectivity index (χ4v) is 6.01. The average Bonchev–Trinajstić information content (AvgIpc) is 2.94. The number of nitrogens with one attached hydrogen (secondary N) is 1. The smallest absolute Gasteiger partial charge is 0.264 e. The molecule has 2 atom stereocenters. The molecule has 0 saturated heterocycles. The van der Waals surface area contributed by atoms with Gasteiger partial charge in [-0.05, 0) is 69.0 Å². The predicted molar refractivity (Wildman–Crippen MR) is 161 cm³/mol. The number of nitrogens with zero attached hydrogens (tertiary/aromatic N) is 2. The van der Waals surface area contributed by atoms with Crippen LogP contribution in [0.3, 0.4) is 0 Å². The second-order valence-electron chi connectivity index (χ2n) is 9.96. The summed E-state index contributed by atoms with van der Waals surface area (Å²) in [6.07, 6.45) is 1.10. The van der Waals surface area contributed by atoms with E-state index in [9.17, 15) is 18.0 Å². The number of carbonyl (C=O) groups is 2. The van der Waals surface area contributed by atoms with Gasteiger partial charge in [0.1, 0.15) is 12.6 Å². The number of halogens is 1. The maximum atomic E-state index is 14.1. The molecule has 0 radical (unpaired) electrons. The Kier molecular flexibility index (Phi) is 10.8. The molecule has 0 aliphatic rings. The maximum absolute atomic E-state index is 14.1. The van der Waals surface area contributed by atoms with Gasteiger partial charge >= 0.3 is 0 Å². The monoisotopic (exact) mass is 583 g/mol. The van der Waals surface area contributed by atoms with Gasteiger partial charge in [0.2, 0.25) is 11.8 Å². The SMILES string of the molecule is CC[C@@H](C)NC(=O)[C@H](CC)N(Cc1ccc(C)cc1)C(=O)CN(c1cccc(Cl)c1C)S(=O)(=O)c1ccccc1. The van der Waals surface area contributed by atoms with E-state index in [1.807, 2.05) is 52.0 Å². The Balaban J connectivity index is 2.08. The molecular formula is C31H38ClN3O4S. The van der Waals surface area contributed by atoms with Crippen LogP contribution in [0.1, 0.15) is 50.3 Å². The molecule has 7 nitrogen and oxygen atoms in total. The first-order valence-corrected chi connectivity index (χ1v) is 15.3. The van der Waals surface area contributed by atoms with E-state index in [-0.39, 0.29) is 23.4 Å². The molecule has 0 unspecified atom stereocenters. The summed E-state index contributed by atoms with van der Waals surface area (Å²) >= 11 is 6.38. The van der Waals surface area contributed by atoms with Crippen LogP contribution in [-0.2, 0) is 26.2 Å². The highest BCUT2D eigenvalue weighted by Crippen LogP contribution is 2.31. The minimum atomic E-state index is -4.15. The van der Waals surface area contributed by atoms with Gasteiger partial charge in [-0.3, -0.25) is 13.9 Å². The molecule has 3 rings (SSSR count). The summed E-state index contributed by atoms with van der Waals surface area (Å²) in [6.45, 7) is 9.06. The molecule has 0 heterocycles. The van der Waals surface area contributed by atoms with Gasteiger partial charge in [0, 0.05) is 17.6 Å². The van der Waals surface area contributed by atoms with Crippen LogP contribution in [0.2, 0.25) is 5.02 Å². The molecule has 0 spiro atoms. The summed E-state index contributed by atoms with van der Waals surface area (Å²) < 4.78 is 29.0. The first-order valence-electron chi connectivity index (χ1n) is 13.5. The van der Waals surface area contributed by atoms with Crippen molar-refractivity contribution in [3.05, 3.63) is 94.5 Å². The zero-order valence-corrected chi connectivity index (χ0v) is 25.3. The third kappa shape index (κ3) is 7.43. The summed E-state index contributed by atoms with van der Waals surface area (Å²) in [5.74, 6) is -0.765. The summed E-state index contributed by atoms with van der Waals surface area (Å²) in [4.78, 5) is 29.0. The molecule has 2 amide bonds. The van der Waals surface area contributed by atoms with E-state index in [0.717, 1.165) is 21.9 Å². The molecule has 40 heavy (non-hydrogen) atoms. The van der Waals surface area contributed by atoms with E-state index < -0.39 is 28.5 Å². The van der Waals surface area contributed by atoms with Crippen molar-refractivity contribution in [2.45, 2.75) is 71.0 Å². The molecule has 0 bridgehead atoms. The number of sulfonamides is 1. The second-order valence-corrected chi connectivity index (χ2v) is 12.2. The highest BCUT2D eigenvalue weighted by molar-refractivity contribution is 7.92. The largest absolute Gasteiger partial charge is 0.352 e. The Morgan fingerprint density at radius 1 is 0.900 bits per heavy atom. The number of aryl methyl sites for hydroxylation is 1. The van der Waals surface area contributed by atoms with Crippen LogP contribution in [-0.4, -0.2) is 43.8 Å². The number of carbonyl (C=O) groups excluding carboxylic acids is 2. The first kappa shape index (κ1) is 31.2. The molecule has 214 valence electrons. The molecule has 3 aromatic carbocycles. The molecular weight excluding hydrogens is 546 g/mol. The van der Waals surface area contributed by atoms with Crippen molar-refractivity contribution in [1.29, 1.82) is 0 Å². The number of hydrogen-bond acceptors (Lipinski definition) is 4. The van der Waals surface area contributed by atoms with Crippen LogP contribution < -0.4 is 9.62 Å². The summed E-state index contributed by atoms with van der Waals surface area (Å²) in [7, 11) is -4.15. The van der Waals surface area contributed by atoms with E-state index in [1.165, 1.54) is 17.0 Å². The van der Waals surface area contributed by atoms with Crippen LogP contribution in [0.4, 0.5) is 5.69 Å². The first-order chi connectivity index (χ1) is 19.0. The van der Waals surface area contributed by atoms with E-state index in [4.69, 9.17) is 11.6 Å². The van der Waals surface area contributed by atoms with Gasteiger partial charge in [-0.2, -0.15) is 0 Å². The van der Waals surface area contributed by atoms with Crippen molar-refractivity contribution in [2.75, 3.05) is 10.8 Å². The zero-order valence-electron chi connectivity index (χ0n) is 23.7. The summed E-state index contributed by atoms with van der Waals surface area (Å²) in [5.41, 5.74) is 2.74. The van der Waals surface area contributed by atoms with Gasteiger partial charge in [0.25, 0.3) is 10.0 Å². The number of benzene rings is 3. The minimum Gasteiger partial charge on any atom is -0.352 e. The van der Waals surface area contributed by atoms with Gasteiger partial charge in [0.15, 0.2) is 0 Å². The quantitative estimate of drug-likeness (QED) is 0.289. The Morgan fingerprint density at radius 3 is 2.15 bits per heavy atom. The Bertz CT molecular complexity index is 1410. The van der Waals surface area contributed by atoms with Crippen molar-refractivity contribution in [1.82, 2.24) is 10.2 Å². The Hall–Kier alpha value is -3.36. The standard InChI is InChI=1S/C31H38ClN3O4S/c1-6-23(4)33-31(37)28(7-2)34(20-25-18-16-22(3)17-19-25)30(36)21-35(29-15-11-14-27(32)24(29)5)40(38,39)26-12-9-8-10-13-26/h8-19,23,28H,6-7,20-21H2,1-5H3,(H,33,37)/t23-,28+/m1/s1. The van der Waals surface area contributed by atoms with E-state index in [1.54, 1.807) is 43.3 Å². The number of amides is 2. The molecule has 0 aliphatic carbocycles. The van der Waals surface area contributed by atoms with Crippen LogP contribution in [0, 0.1) is 13.8 Å². The van der Waals surface area contributed by atoms with E-state index in [0.29, 0.717) is 22.7 Å². The lowest BCUT2D eigenvalue weighted by molar-refractivity contribution is -0.140. The van der Waals surface area contributed by atoms with Crippen LogP contribution in [0.25, 0.3) is 0 Å². The predicted octanol–water partition coefficient (Wildman–Crippen LogP) is 5.87. The highest BCUT2D eigenvalue weighted by atomic mass is 35.5. The van der Waals surface area contributed by atoms with E-state index in [2.05, 4.69) is 5.32 Å². The summed E-state index contributed by atoms with van der Waals surface area (Å²) in [6, 6.07) is 19.8. The average molecular weight is 584 g/mol. The number of rotatable bonds is 12. The highest BCUT2D eigenvalue weighted by Gasteiger charge is 2.34. The van der Waals surface area contributed by atoms with Crippen LogP contribution in [0.15, 0.2) is 77.7 Å². The Labute approximate surface area is 243 Å². The van der Waals surface area contributed by atoms with Gasteiger partial charge in [-0.25, -0.2) is 8.42 Å². The van der Waals surface area contributed by atoms with Gasteiger partial charge in [-0.1, -0.05) is 79.5 Å². The molecule has 9 heteroatoms. The third-order valence-corrected chi connectivity index (χ3v) is 9.16. The topological polar surface area (TPSA) is 86.8 Å². The van der Waals surface area contributed by atoms with Gasteiger partial charge in [0.05, 0.1) is 10.6 Å². The van der Waals surface area contributed by atoms with Crippen LogP contribution >= 0.6 is 11.6 Å². The molecule has 3 aromatic rings. The van der Waals surface area contributed by atoms with Crippen molar-refractivity contribution in [3.8, 4) is 0 Å². The van der Waals surface area contributed by atoms with Crippen molar-refractivity contribution in [3.63, 3.8) is 0 Å². The normalized spacial score (nSPS) is 12.8. The fourth-order valence-electron chi connectivity index (χ4n) is 4.35. The number of hydrogen-bond donors (Lipinski definition) is 1. The number of anilines is 1. The van der Waals surface area contributed by atoms with Gasteiger partial charge < -0.3 is 10.2 Å². The molecule has 0 aliphatic heterocycles. The second kappa shape index (κ2) is 13.8. The zero-order chi connectivity index (χ0) is 29.4. The molecule has 0 fully saturated rings. The van der Waals surface area contributed by atoms with Gasteiger partial charge in [-0.15, -0.1) is 0 Å². The van der Waals surface area contributed by atoms with Crippen LogP contribution in [0.5, 0.6) is 0 Å². The maximum Gasteiger partial charge on any atom is 0.264 e. The molecule has 0 saturated carbocycles. The summed E-state index contributed by atoms with van der Waals surface area (Å²) in [5, 5.41) is 3.37. The van der Waals surface area contributed by atoms with Crippen molar-refractivity contribution >= 4 is 39.1 Å². The Morgan fingerprint density at radius 2 is 1.55 bits per heavy atom. The van der Waals surface area contributed by atoms with Crippen molar-refractivity contribution in [2.24, 2.45) is 0 Å². The lowest BCUT2D eigenvalue weighted by atomic mass is 10.1. The third-order valence-electron chi connectivity index (χ3n) is 6.98. The fraction of sp³-hybridized carbons (Fsp3) is 0.355. The lowest BCUT2D eigenvalue weighted by Gasteiger charge is -2.34. The molecule has 0 aromatic heterocycles. The van der Waals surface area contributed by atoms with Crippen molar-refractivity contribution < 1.29 is 18.0 Å². The van der Waals surface area contributed by atoms with E-state index >= 15 is 0 Å². The minimum absolute atomic E-state index is 0.0498. The lowest BCUT2D eigenvalue weighted by Crippen LogP contribution is -2.53. The molecule has 1 N–H and O–H groups in total.